The molecule has 2 heterocycles. The molecule has 2 saturated heterocycles. The van der Waals surface area contributed by atoms with E-state index in [0.29, 0.717) is 39.1 Å². The lowest BCUT2D eigenvalue weighted by molar-refractivity contribution is -0.155. The van der Waals surface area contributed by atoms with Gasteiger partial charge in [-0.3, -0.25) is 9.59 Å². The second-order valence-electron chi connectivity index (χ2n) is 7.69. The molecule has 2 fully saturated rings. The van der Waals surface area contributed by atoms with E-state index in [0.717, 1.165) is 12.8 Å². The van der Waals surface area contributed by atoms with Crippen molar-refractivity contribution in [2.75, 3.05) is 26.2 Å². The maximum atomic E-state index is 12.4. The summed E-state index contributed by atoms with van der Waals surface area (Å²) >= 11 is 0. The predicted molar refractivity (Wildman–Crippen MR) is 91.9 cm³/mol. The lowest BCUT2D eigenvalue weighted by atomic mass is 9.89. The number of piperidine rings is 2. The zero-order chi connectivity index (χ0) is 18.6. The number of rotatable bonds is 3. The molecule has 0 aliphatic carbocycles. The van der Waals surface area contributed by atoms with Crippen molar-refractivity contribution in [2.45, 2.75) is 65.0 Å². The van der Waals surface area contributed by atoms with Crippen molar-refractivity contribution < 1.29 is 23.9 Å². The molecule has 7 heteroatoms. The minimum absolute atomic E-state index is 0.0524. The second-order valence-corrected chi connectivity index (χ2v) is 7.69. The lowest BCUT2D eigenvalue weighted by Gasteiger charge is -2.44. The SMILES string of the molecule is CCOC(=O)[C@H]1CCN(C(=O)OC(C)(C)C)C[C@@H]1N1CCCCC1=O. The largest absolute Gasteiger partial charge is 0.466 e. The Balaban J connectivity index is 2.15. The number of likely N-dealkylation sites (tertiary alicyclic amines) is 2. The summed E-state index contributed by atoms with van der Waals surface area (Å²) in [7, 11) is 0. The normalized spacial score (nSPS) is 24.9. The molecule has 2 atom stereocenters. The molecule has 2 aliphatic heterocycles. The van der Waals surface area contributed by atoms with E-state index in [9.17, 15) is 14.4 Å². The highest BCUT2D eigenvalue weighted by Gasteiger charge is 2.42. The standard InChI is InChI=1S/C18H30N2O5/c1-5-24-16(22)13-9-11-19(17(23)25-18(2,3)4)12-14(13)20-10-7-6-8-15(20)21/h13-14H,5-12H2,1-4H3/t13-,14-/m0/s1. The first-order valence-corrected chi connectivity index (χ1v) is 9.17. The zero-order valence-corrected chi connectivity index (χ0v) is 15.7. The molecule has 7 nitrogen and oxygen atoms in total. The minimum Gasteiger partial charge on any atom is -0.466 e. The molecule has 2 amide bonds. The van der Waals surface area contributed by atoms with Crippen LogP contribution < -0.4 is 0 Å². The van der Waals surface area contributed by atoms with E-state index in [2.05, 4.69) is 0 Å². The van der Waals surface area contributed by atoms with E-state index in [4.69, 9.17) is 9.47 Å². The van der Waals surface area contributed by atoms with E-state index in [-0.39, 0.29) is 23.8 Å². The van der Waals surface area contributed by atoms with Gasteiger partial charge in [-0.15, -0.1) is 0 Å². The Morgan fingerprint density at radius 1 is 1.20 bits per heavy atom. The quantitative estimate of drug-likeness (QED) is 0.726. The van der Waals surface area contributed by atoms with Crippen molar-refractivity contribution in [3.05, 3.63) is 0 Å². The van der Waals surface area contributed by atoms with E-state index in [1.807, 2.05) is 20.8 Å². The molecule has 2 rings (SSSR count). The van der Waals surface area contributed by atoms with Gasteiger partial charge in [0.25, 0.3) is 0 Å². The first-order chi connectivity index (χ1) is 11.7. The number of amides is 2. The van der Waals surface area contributed by atoms with Gasteiger partial charge in [-0.2, -0.15) is 0 Å². The third-order valence-electron chi connectivity index (χ3n) is 4.58. The Kier molecular flexibility index (Phi) is 6.30. The summed E-state index contributed by atoms with van der Waals surface area (Å²) in [6, 6.07) is -0.340. The number of esters is 1. The highest BCUT2D eigenvalue weighted by atomic mass is 16.6. The van der Waals surface area contributed by atoms with Crippen molar-refractivity contribution in [2.24, 2.45) is 5.92 Å². The van der Waals surface area contributed by atoms with Gasteiger partial charge in [-0.05, 0) is 47.0 Å². The van der Waals surface area contributed by atoms with Crippen molar-refractivity contribution in [1.82, 2.24) is 9.80 Å². The van der Waals surface area contributed by atoms with Gasteiger partial charge in [-0.1, -0.05) is 0 Å². The van der Waals surface area contributed by atoms with Gasteiger partial charge in [-0.25, -0.2) is 4.79 Å². The summed E-state index contributed by atoms with van der Waals surface area (Å²) in [5.74, 6) is -0.619. The zero-order valence-electron chi connectivity index (χ0n) is 15.7. The number of ether oxygens (including phenoxy) is 2. The fourth-order valence-electron chi connectivity index (χ4n) is 3.44. The molecular weight excluding hydrogens is 324 g/mol. The Morgan fingerprint density at radius 3 is 2.52 bits per heavy atom. The molecule has 0 N–H and O–H groups in total. The highest BCUT2D eigenvalue weighted by Crippen LogP contribution is 2.28. The van der Waals surface area contributed by atoms with E-state index < -0.39 is 11.7 Å². The van der Waals surface area contributed by atoms with Gasteiger partial charge in [0.2, 0.25) is 5.91 Å². The maximum absolute atomic E-state index is 12.4. The Bertz CT molecular complexity index is 514. The number of carbonyl (C=O) groups is 3. The van der Waals surface area contributed by atoms with Crippen LogP contribution in [0.3, 0.4) is 0 Å². The third kappa shape index (κ3) is 5.09. The van der Waals surface area contributed by atoms with Crippen LogP contribution in [0.4, 0.5) is 4.79 Å². The molecule has 0 unspecified atom stereocenters. The van der Waals surface area contributed by atoms with Gasteiger partial charge >= 0.3 is 12.1 Å². The van der Waals surface area contributed by atoms with Gasteiger partial charge < -0.3 is 19.3 Å². The summed E-state index contributed by atoms with van der Waals surface area (Å²) in [5, 5.41) is 0. The van der Waals surface area contributed by atoms with Crippen LogP contribution in [-0.2, 0) is 19.1 Å². The van der Waals surface area contributed by atoms with Crippen LogP contribution in [0.2, 0.25) is 0 Å². The fraction of sp³-hybridized carbons (Fsp3) is 0.833. The van der Waals surface area contributed by atoms with Crippen molar-refractivity contribution in [1.29, 1.82) is 0 Å². The van der Waals surface area contributed by atoms with Crippen LogP contribution >= 0.6 is 0 Å². The lowest BCUT2D eigenvalue weighted by Crippen LogP contribution is -2.59. The van der Waals surface area contributed by atoms with Crippen molar-refractivity contribution >= 4 is 18.0 Å². The molecule has 0 aromatic carbocycles. The van der Waals surface area contributed by atoms with Crippen molar-refractivity contribution in [3.63, 3.8) is 0 Å². The van der Waals surface area contributed by atoms with Gasteiger partial charge in [0.05, 0.1) is 18.6 Å². The first kappa shape index (κ1) is 19.5. The van der Waals surface area contributed by atoms with E-state index in [1.54, 1.807) is 16.7 Å². The van der Waals surface area contributed by atoms with E-state index >= 15 is 0 Å². The Morgan fingerprint density at radius 2 is 1.92 bits per heavy atom. The van der Waals surface area contributed by atoms with Crippen LogP contribution in [0.15, 0.2) is 0 Å². The Labute approximate surface area is 149 Å². The van der Waals surface area contributed by atoms with Crippen LogP contribution in [0, 0.1) is 5.92 Å². The highest BCUT2D eigenvalue weighted by molar-refractivity contribution is 5.80. The summed E-state index contributed by atoms with van der Waals surface area (Å²) in [6.45, 7) is 8.91. The molecular formula is C18H30N2O5. The maximum Gasteiger partial charge on any atom is 0.410 e. The molecule has 0 spiro atoms. The Hall–Kier alpha value is -1.79. The van der Waals surface area contributed by atoms with Crippen LogP contribution in [0.25, 0.3) is 0 Å². The number of nitrogens with zero attached hydrogens (tertiary/aromatic N) is 2. The summed E-state index contributed by atoms with van der Waals surface area (Å²) in [5.41, 5.74) is -0.578. The number of hydrogen-bond acceptors (Lipinski definition) is 5. The average molecular weight is 354 g/mol. The molecule has 0 bridgehead atoms. The van der Waals surface area contributed by atoms with Gasteiger partial charge in [0.15, 0.2) is 0 Å². The number of carbonyl (C=O) groups excluding carboxylic acids is 3. The van der Waals surface area contributed by atoms with Crippen LogP contribution in [0.1, 0.15) is 53.4 Å². The molecule has 142 valence electrons. The molecule has 0 aromatic heterocycles. The third-order valence-corrected chi connectivity index (χ3v) is 4.58. The first-order valence-electron chi connectivity index (χ1n) is 9.17. The van der Waals surface area contributed by atoms with Gasteiger partial charge in [0.1, 0.15) is 5.60 Å². The average Bonchev–Trinajstić information content (AvgIpc) is 2.53. The topological polar surface area (TPSA) is 76.2 Å². The molecule has 0 aromatic rings. The smallest absolute Gasteiger partial charge is 0.410 e. The minimum atomic E-state index is -0.578. The second kappa shape index (κ2) is 8.06. The summed E-state index contributed by atoms with van der Waals surface area (Å²) in [4.78, 5) is 40.5. The van der Waals surface area contributed by atoms with Crippen LogP contribution in [0.5, 0.6) is 0 Å². The fourth-order valence-corrected chi connectivity index (χ4v) is 3.44. The van der Waals surface area contributed by atoms with Crippen molar-refractivity contribution in [3.8, 4) is 0 Å². The summed E-state index contributed by atoms with van der Waals surface area (Å²) < 4.78 is 10.7. The van der Waals surface area contributed by atoms with E-state index in [1.165, 1.54) is 0 Å². The monoisotopic (exact) mass is 354 g/mol. The summed E-state index contributed by atoms with van der Waals surface area (Å²) in [6.07, 6.45) is 2.38. The molecule has 0 radical (unpaired) electrons. The van der Waals surface area contributed by atoms with Crippen LogP contribution in [-0.4, -0.2) is 65.7 Å². The number of hydrogen-bond donors (Lipinski definition) is 0. The molecule has 2 aliphatic rings. The molecule has 0 saturated carbocycles. The van der Waals surface area contributed by atoms with Gasteiger partial charge in [0, 0.05) is 26.1 Å². The predicted octanol–water partition coefficient (Wildman–Crippen LogP) is 2.19. The molecule has 25 heavy (non-hydrogen) atoms.